The number of aldehydes is 1. The van der Waals surface area contributed by atoms with Gasteiger partial charge in [-0.1, -0.05) is 46.3 Å². The Morgan fingerprint density at radius 2 is 2.11 bits per heavy atom. The van der Waals surface area contributed by atoms with E-state index in [4.69, 9.17) is 9.73 Å². The summed E-state index contributed by atoms with van der Waals surface area (Å²) in [5.41, 5.74) is 0.00186. The van der Waals surface area contributed by atoms with E-state index >= 15 is 0 Å². The molecular weight excluding hydrogens is 445 g/mol. The molecule has 144 valence electrons. The van der Waals surface area contributed by atoms with Crippen molar-refractivity contribution >= 4 is 44.8 Å². The van der Waals surface area contributed by atoms with Gasteiger partial charge in [0.15, 0.2) is 5.78 Å². The summed E-state index contributed by atoms with van der Waals surface area (Å²) in [5.74, 6) is -0.181. The van der Waals surface area contributed by atoms with E-state index in [1.807, 2.05) is 18.2 Å². The summed E-state index contributed by atoms with van der Waals surface area (Å²) in [4.78, 5) is 28.9. The van der Waals surface area contributed by atoms with Gasteiger partial charge in [-0.3, -0.25) is 9.79 Å². The van der Waals surface area contributed by atoms with Crippen molar-refractivity contribution in [2.24, 2.45) is 10.9 Å². The first-order valence-electron chi connectivity index (χ1n) is 8.86. The van der Waals surface area contributed by atoms with Gasteiger partial charge < -0.3 is 9.53 Å². The number of thioether (sulfide) groups is 1. The standard InChI is InChI=1S/C21H17BrFNO3S/c22-14-6-7-17(23)15(8-14)21-12-27-19(10-25)16(21)11-28-20(24-21)9-18(26)13-4-2-1-3-5-13/h1-8,10,16,19H,9,11-12H2/t16-,19-,21-/m1/s1. The minimum Gasteiger partial charge on any atom is -0.367 e. The fourth-order valence-electron chi connectivity index (χ4n) is 3.76. The van der Waals surface area contributed by atoms with E-state index in [9.17, 15) is 14.0 Å². The Morgan fingerprint density at radius 1 is 1.32 bits per heavy atom. The smallest absolute Gasteiger partial charge is 0.169 e. The molecule has 2 heterocycles. The van der Waals surface area contributed by atoms with Crippen LogP contribution in [0.5, 0.6) is 0 Å². The number of Topliss-reactive ketones (excluding diaryl/α,β-unsaturated/α-hetero) is 1. The Hall–Kier alpha value is -1.83. The van der Waals surface area contributed by atoms with Crippen molar-refractivity contribution in [1.29, 1.82) is 0 Å². The number of carbonyl (C=O) groups is 2. The fourth-order valence-corrected chi connectivity index (χ4v) is 5.42. The Balaban J connectivity index is 1.73. The minimum atomic E-state index is -1.00. The number of benzene rings is 2. The monoisotopic (exact) mass is 461 g/mol. The van der Waals surface area contributed by atoms with Gasteiger partial charge in [0.05, 0.1) is 18.1 Å². The molecule has 2 aromatic carbocycles. The number of ether oxygens (including phenoxy) is 1. The summed E-state index contributed by atoms with van der Waals surface area (Å²) >= 11 is 4.83. The third kappa shape index (κ3) is 3.47. The number of nitrogens with zero attached hydrogens (tertiary/aromatic N) is 1. The quantitative estimate of drug-likeness (QED) is 0.488. The van der Waals surface area contributed by atoms with E-state index in [-0.39, 0.29) is 24.7 Å². The Kier molecular flexibility index (Phi) is 5.49. The molecule has 0 bridgehead atoms. The average Bonchev–Trinajstić information content (AvgIpc) is 3.09. The maximum Gasteiger partial charge on any atom is 0.169 e. The van der Waals surface area contributed by atoms with Gasteiger partial charge in [0.1, 0.15) is 23.7 Å². The molecule has 0 saturated carbocycles. The lowest BCUT2D eigenvalue weighted by Gasteiger charge is -2.36. The molecule has 3 atom stereocenters. The van der Waals surface area contributed by atoms with Crippen molar-refractivity contribution in [3.05, 3.63) is 69.9 Å². The van der Waals surface area contributed by atoms with Gasteiger partial charge in [-0.25, -0.2) is 4.39 Å². The molecule has 2 aromatic rings. The zero-order valence-electron chi connectivity index (χ0n) is 14.8. The van der Waals surface area contributed by atoms with Crippen molar-refractivity contribution < 1.29 is 18.7 Å². The predicted octanol–water partition coefficient (Wildman–Crippen LogP) is 4.42. The van der Waals surface area contributed by atoms with Gasteiger partial charge in [0.2, 0.25) is 0 Å². The second-order valence-electron chi connectivity index (χ2n) is 6.85. The largest absolute Gasteiger partial charge is 0.367 e. The van der Waals surface area contributed by atoms with Crippen molar-refractivity contribution in [3.8, 4) is 0 Å². The molecule has 28 heavy (non-hydrogen) atoms. The van der Waals surface area contributed by atoms with Crippen LogP contribution in [0.25, 0.3) is 0 Å². The molecule has 4 nitrogen and oxygen atoms in total. The van der Waals surface area contributed by atoms with Gasteiger partial charge in [-0.2, -0.15) is 0 Å². The highest BCUT2D eigenvalue weighted by molar-refractivity contribution is 9.10. The zero-order valence-corrected chi connectivity index (χ0v) is 17.2. The Morgan fingerprint density at radius 3 is 2.86 bits per heavy atom. The maximum absolute atomic E-state index is 14.8. The number of halogens is 2. The molecule has 0 aromatic heterocycles. The summed E-state index contributed by atoms with van der Waals surface area (Å²) in [5, 5.41) is 0.639. The summed E-state index contributed by atoms with van der Waals surface area (Å²) in [6.45, 7) is 0.109. The van der Waals surface area contributed by atoms with Crippen LogP contribution < -0.4 is 0 Å². The number of rotatable bonds is 5. The molecule has 2 aliphatic rings. The second-order valence-corrected chi connectivity index (χ2v) is 8.86. The first-order valence-corrected chi connectivity index (χ1v) is 10.6. The van der Waals surface area contributed by atoms with Crippen molar-refractivity contribution in [1.82, 2.24) is 0 Å². The van der Waals surface area contributed by atoms with Crippen LogP contribution in [-0.4, -0.2) is 35.6 Å². The van der Waals surface area contributed by atoms with E-state index in [1.54, 1.807) is 24.3 Å². The zero-order chi connectivity index (χ0) is 19.7. The molecule has 0 N–H and O–H groups in total. The van der Waals surface area contributed by atoms with E-state index in [2.05, 4.69) is 15.9 Å². The highest BCUT2D eigenvalue weighted by atomic mass is 79.9. The normalized spacial score (nSPS) is 26.4. The lowest BCUT2D eigenvalue weighted by atomic mass is 9.79. The van der Waals surface area contributed by atoms with Crippen LogP contribution in [0.15, 0.2) is 58.0 Å². The van der Waals surface area contributed by atoms with E-state index in [0.717, 1.165) is 10.8 Å². The first kappa shape index (κ1) is 19.5. The van der Waals surface area contributed by atoms with E-state index < -0.39 is 17.5 Å². The molecular formula is C21H17BrFNO3S. The van der Waals surface area contributed by atoms with Gasteiger partial charge in [0, 0.05) is 27.3 Å². The van der Waals surface area contributed by atoms with Gasteiger partial charge in [-0.05, 0) is 18.2 Å². The molecule has 1 saturated heterocycles. The maximum atomic E-state index is 14.8. The van der Waals surface area contributed by atoms with Crippen molar-refractivity contribution in [2.75, 3.05) is 12.4 Å². The molecule has 0 radical (unpaired) electrons. The second kappa shape index (κ2) is 7.89. The van der Waals surface area contributed by atoms with Crippen LogP contribution in [0.3, 0.4) is 0 Å². The van der Waals surface area contributed by atoms with Gasteiger partial charge >= 0.3 is 0 Å². The number of ketones is 1. The number of aliphatic imine (C=N–C) groups is 1. The van der Waals surface area contributed by atoms with Crippen molar-refractivity contribution in [3.63, 3.8) is 0 Å². The third-order valence-electron chi connectivity index (χ3n) is 5.20. The predicted molar refractivity (Wildman–Crippen MR) is 110 cm³/mol. The number of carbonyl (C=O) groups excluding carboxylic acids is 2. The SMILES string of the molecule is O=C[C@H]1OC[C@]2(c3cc(Br)ccc3F)N=C(CC(=O)c3ccccc3)SC[C@H]12. The third-order valence-corrected chi connectivity index (χ3v) is 6.78. The Labute approximate surface area is 174 Å². The van der Waals surface area contributed by atoms with Crippen LogP contribution in [0.1, 0.15) is 22.3 Å². The summed E-state index contributed by atoms with van der Waals surface area (Å²) in [7, 11) is 0. The molecule has 4 rings (SSSR count). The van der Waals surface area contributed by atoms with Crippen LogP contribution in [-0.2, 0) is 15.1 Å². The van der Waals surface area contributed by atoms with Crippen LogP contribution in [0.2, 0.25) is 0 Å². The topological polar surface area (TPSA) is 55.7 Å². The lowest BCUT2D eigenvalue weighted by Crippen LogP contribution is -2.41. The summed E-state index contributed by atoms with van der Waals surface area (Å²) in [6.07, 6.45) is 0.268. The van der Waals surface area contributed by atoms with E-state index in [0.29, 0.717) is 21.9 Å². The van der Waals surface area contributed by atoms with E-state index in [1.165, 1.54) is 17.8 Å². The molecule has 1 fully saturated rings. The van der Waals surface area contributed by atoms with Crippen LogP contribution in [0, 0.1) is 11.7 Å². The molecule has 7 heteroatoms. The molecule has 2 aliphatic heterocycles. The molecule has 0 unspecified atom stereocenters. The fraction of sp³-hybridized carbons (Fsp3) is 0.286. The van der Waals surface area contributed by atoms with Crippen molar-refractivity contribution in [2.45, 2.75) is 18.1 Å². The number of hydrogen-bond acceptors (Lipinski definition) is 5. The summed E-state index contributed by atoms with van der Waals surface area (Å²) < 4.78 is 21.2. The number of hydrogen-bond donors (Lipinski definition) is 0. The van der Waals surface area contributed by atoms with Crippen LogP contribution >= 0.6 is 27.7 Å². The highest BCUT2D eigenvalue weighted by Gasteiger charge is 2.54. The average molecular weight is 462 g/mol. The van der Waals surface area contributed by atoms with Crippen LogP contribution in [0.4, 0.5) is 4.39 Å². The molecule has 0 aliphatic carbocycles. The lowest BCUT2D eigenvalue weighted by molar-refractivity contribution is -0.116. The minimum absolute atomic E-state index is 0.0407. The highest BCUT2D eigenvalue weighted by Crippen LogP contribution is 2.49. The number of fused-ring (bicyclic) bond motifs is 1. The Bertz CT molecular complexity index is 952. The molecule has 0 spiro atoms. The first-order chi connectivity index (χ1) is 13.5. The summed E-state index contributed by atoms with van der Waals surface area (Å²) in [6, 6.07) is 13.7. The molecule has 0 amide bonds. The van der Waals surface area contributed by atoms with Gasteiger partial charge in [0.25, 0.3) is 0 Å². The van der Waals surface area contributed by atoms with Gasteiger partial charge in [-0.15, -0.1) is 11.8 Å².